The Morgan fingerprint density at radius 3 is 1.91 bits per heavy atom. The summed E-state index contributed by atoms with van der Waals surface area (Å²) in [6.45, 7) is 27.2. The summed E-state index contributed by atoms with van der Waals surface area (Å²) in [5, 5.41) is 3.01. The molecule has 0 fully saturated rings. The molecular formula is C47H69NO6Si2. The van der Waals surface area contributed by atoms with Gasteiger partial charge in [-0.15, -0.1) is 0 Å². The van der Waals surface area contributed by atoms with Crippen LogP contribution in [0.5, 0.6) is 0 Å². The third kappa shape index (κ3) is 12.0. The van der Waals surface area contributed by atoms with Crippen LogP contribution in [-0.2, 0) is 23.1 Å². The van der Waals surface area contributed by atoms with Crippen LogP contribution in [-0.4, -0.2) is 54.1 Å². The van der Waals surface area contributed by atoms with Gasteiger partial charge in [-0.25, -0.2) is 9.59 Å². The molecule has 0 aromatic heterocycles. The van der Waals surface area contributed by atoms with Crippen molar-refractivity contribution in [3.8, 4) is 11.1 Å². The summed E-state index contributed by atoms with van der Waals surface area (Å²) in [4.78, 5) is 28.1. The van der Waals surface area contributed by atoms with Crippen molar-refractivity contribution in [2.75, 3.05) is 13.2 Å². The lowest BCUT2D eigenvalue weighted by atomic mass is 9.98. The number of esters is 1. The van der Waals surface area contributed by atoms with Gasteiger partial charge in [-0.3, -0.25) is 0 Å². The van der Waals surface area contributed by atoms with Crippen molar-refractivity contribution < 1.29 is 27.9 Å². The first-order valence-corrected chi connectivity index (χ1v) is 26.4. The van der Waals surface area contributed by atoms with Crippen LogP contribution in [0.15, 0.2) is 90.5 Å². The van der Waals surface area contributed by atoms with Crippen LogP contribution in [0, 0.1) is 0 Å². The second kappa shape index (κ2) is 19.3. The van der Waals surface area contributed by atoms with Gasteiger partial charge in [-0.05, 0) is 110 Å². The molecule has 1 amide bonds. The highest BCUT2D eigenvalue weighted by molar-refractivity contribution is 6.74. The third-order valence-corrected chi connectivity index (χ3v) is 21.1. The van der Waals surface area contributed by atoms with Gasteiger partial charge in [0.15, 0.2) is 22.7 Å². The van der Waals surface area contributed by atoms with Crippen molar-refractivity contribution in [2.24, 2.45) is 0 Å². The van der Waals surface area contributed by atoms with Crippen LogP contribution in [0.3, 0.4) is 0 Å². The Labute approximate surface area is 340 Å². The number of ether oxygens (including phenoxy) is 2. The van der Waals surface area contributed by atoms with E-state index in [9.17, 15) is 9.59 Å². The Morgan fingerprint density at radius 1 is 0.786 bits per heavy atom. The van der Waals surface area contributed by atoms with E-state index in [0.717, 1.165) is 60.1 Å². The van der Waals surface area contributed by atoms with E-state index >= 15 is 0 Å². The molecule has 0 aliphatic heterocycles. The van der Waals surface area contributed by atoms with Crippen molar-refractivity contribution >= 4 is 28.7 Å². The van der Waals surface area contributed by atoms with Crippen LogP contribution >= 0.6 is 0 Å². The first kappa shape index (κ1) is 45.2. The molecule has 1 aliphatic carbocycles. The lowest BCUT2D eigenvalue weighted by Crippen LogP contribution is -2.52. The number of alkyl carbamates (subject to hydrolysis) is 1. The molecule has 9 heteroatoms. The first-order valence-electron chi connectivity index (χ1n) is 20.6. The lowest BCUT2D eigenvalue weighted by Gasteiger charge is -2.41. The van der Waals surface area contributed by atoms with Crippen LogP contribution in [0.25, 0.3) is 11.1 Å². The first-order chi connectivity index (χ1) is 26.2. The normalized spacial score (nSPS) is 15.4. The minimum atomic E-state index is -2.45. The lowest BCUT2D eigenvalue weighted by molar-refractivity contribution is -0.153. The molecule has 0 heterocycles. The number of unbranched alkanes of at least 4 members (excludes halogenated alkanes) is 2. The van der Waals surface area contributed by atoms with Crippen LogP contribution in [0.1, 0.15) is 116 Å². The summed E-state index contributed by atoms with van der Waals surface area (Å²) < 4.78 is 25.4. The average Bonchev–Trinajstić information content (AvgIpc) is 3.45. The van der Waals surface area contributed by atoms with E-state index in [0.29, 0.717) is 6.42 Å². The van der Waals surface area contributed by atoms with E-state index in [4.69, 9.17) is 18.3 Å². The zero-order chi connectivity index (χ0) is 41.3. The molecule has 0 radical (unpaired) electrons. The zero-order valence-electron chi connectivity index (χ0n) is 36.3. The molecule has 306 valence electrons. The summed E-state index contributed by atoms with van der Waals surface area (Å²) in [6, 6.07) is 25.0. The van der Waals surface area contributed by atoms with Crippen LogP contribution < -0.4 is 5.32 Å². The fourth-order valence-electron chi connectivity index (χ4n) is 6.49. The van der Waals surface area contributed by atoms with E-state index in [2.05, 4.69) is 110 Å². The van der Waals surface area contributed by atoms with Gasteiger partial charge in [0, 0.05) is 12.5 Å². The highest BCUT2D eigenvalue weighted by Crippen LogP contribution is 2.45. The van der Waals surface area contributed by atoms with E-state index in [1.807, 2.05) is 61.5 Å². The maximum absolute atomic E-state index is 14.3. The molecule has 0 spiro atoms. The maximum Gasteiger partial charge on any atom is 0.407 e. The summed E-state index contributed by atoms with van der Waals surface area (Å²) in [5.41, 5.74) is 6.60. The second-order valence-corrected chi connectivity index (χ2v) is 28.2. The summed E-state index contributed by atoms with van der Waals surface area (Å²) in [7, 11) is -4.17. The Morgan fingerprint density at radius 2 is 1.34 bits per heavy atom. The predicted octanol–water partition coefficient (Wildman–Crippen LogP) is 12.5. The zero-order valence-corrected chi connectivity index (χ0v) is 38.3. The summed E-state index contributed by atoms with van der Waals surface area (Å²) in [5.74, 6) is -0.652. The number of allylic oxidation sites excluding steroid dienone is 2. The number of carbonyl (C=O) groups is 2. The number of benzene rings is 3. The summed E-state index contributed by atoms with van der Waals surface area (Å²) >= 11 is 0. The van der Waals surface area contributed by atoms with Crippen molar-refractivity contribution in [2.45, 2.75) is 148 Å². The number of rotatable bonds is 18. The van der Waals surface area contributed by atoms with Gasteiger partial charge in [0.1, 0.15) is 12.7 Å². The van der Waals surface area contributed by atoms with Gasteiger partial charge in [0.05, 0.1) is 6.10 Å². The SMILES string of the molecule is C/C(=C\CCCCO[Si](C)(C)C(C)(C)C)CC[C@H](C)OC(=O)[C@H](NC(=O)OCC1c2ccccc2-c2ccccc21)[C@H](O[Si](C)(C)C(C)(C)C)c1ccccc1. The van der Waals surface area contributed by atoms with Crippen LogP contribution in [0.4, 0.5) is 4.79 Å². The molecule has 3 aromatic carbocycles. The number of amides is 1. The number of nitrogens with one attached hydrogen (secondary N) is 1. The van der Waals surface area contributed by atoms with Gasteiger partial charge < -0.3 is 23.6 Å². The largest absolute Gasteiger partial charge is 0.461 e. The Kier molecular flexibility index (Phi) is 15.6. The number of hydrogen-bond acceptors (Lipinski definition) is 6. The van der Waals surface area contributed by atoms with Crippen molar-refractivity contribution in [3.63, 3.8) is 0 Å². The number of carbonyl (C=O) groups excluding carboxylic acids is 2. The Hall–Kier alpha value is -3.51. The smallest absolute Gasteiger partial charge is 0.407 e. The van der Waals surface area contributed by atoms with Gasteiger partial charge in [-0.1, -0.05) is 132 Å². The van der Waals surface area contributed by atoms with Gasteiger partial charge in [0.2, 0.25) is 0 Å². The van der Waals surface area contributed by atoms with Crippen molar-refractivity contribution in [3.05, 3.63) is 107 Å². The standard InChI is InChI=1S/C47H69NO6Si2/c1-34(23-15-14-22-32-52-55(9,10)46(3,4)5)30-31-35(2)53-44(49)42(43(36-24-16-13-17-25-36)54-56(11,12)47(6,7)8)48-45(50)51-33-41-39-28-20-18-26-37(39)38-27-19-21-29-40(38)41/h13,16-21,23-29,35,41-43H,14-15,22,30-33H2,1-12H3,(H,48,50)/b34-23+/t35-,42+,43+/m0/s1. The molecule has 0 unspecified atom stereocenters. The second-order valence-electron chi connectivity index (χ2n) is 18.6. The summed E-state index contributed by atoms with van der Waals surface area (Å²) in [6.07, 6.45) is 5.05. The van der Waals surface area contributed by atoms with Gasteiger partial charge in [-0.2, -0.15) is 0 Å². The fraction of sp³-hybridized carbons (Fsp3) is 0.532. The van der Waals surface area contributed by atoms with Crippen molar-refractivity contribution in [1.82, 2.24) is 5.32 Å². The third-order valence-electron chi connectivity index (χ3n) is 12.2. The molecule has 0 saturated heterocycles. The molecule has 3 aromatic rings. The quantitative estimate of drug-likeness (QED) is 0.0597. The van der Waals surface area contributed by atoms with E-state index in [1.54, 1.807) is 0 Å². The topological polar surface area (TPSA) is 83.1 Å². The molecule has 0 bridgehead atoms. The van der Waals surface area contributed by atoms with E-state index in [-0.39, 0.29) is 28.7 Å². The minimum absolute atomic E-state index is 0.112. The predicted molar refractivity (Wildman–Crippen MR) is 235 cm³/mol. The highest BCUT2D eigenvalue weighted by atomic mass is 28.4. The van der Waals surface area contributed by atoms with Crippen molar-refractivity contribution in [1.29, 1.82) is 0 Å². The molecule has 1 N–H and O–H groups in total. The Balaban J connectivity index is 1.45. The molecule has 3 atom stereocenters. The molecule has 0 saturated carbocycles. The number of hydrogen-bond donors (Lipinski definition) is 1. The van der Waals surface area contributed by atoms with Gasteiger partial charge in [0.25, 0.3) is 0 Å². The molecule has 1 aliphatic rings. The molecular weight excluding hydrogens is 731 g/mol. The monoisotopic (exact) mass is 799 g/mol. The molecule has 56 heavy (non-hydrogen) atoms. The van der Waals surface area contributed by atoms with E-state index < -0.39 is 40.8 Å². The maximum atomic E-state index is 14.3. The highest BCUT2D eigenvalue weighted by Gasteiger charge is 2.44. The van der Waals surface area contributed by atoms with E-state index in [1.165, 1.54) is 5.57 Å². The van der Waals surface area contributed by atoms with Crippen LogP contribution in [0.2, 0.25) is 36.3 Å². The minimum Gasteiger partial charge on any atom is -0.461 e. The molecule has 7 nitrogen and oxygen atoms in total. The molecule has 4 rings (SSSR count). The van der Waals surface area contributed by atoms with Gasteiger partial charge >= 0.3 is 12.1 Å². The average molecular weight is 800 g/mol. The Bertz CT molecular complexity index is 1730. The fourth-order valence-corrected chi connectivity index (χ4v) is 8.84. The number of fused-ring (bicyclic) bond motifs is 3.